The third kappa shape index (κ3) is 3.96. The number of carbonyl (C=O) groups is 2. The second-order valence-electron chi connectivity index (χ2n) is 6.34. The largest absolute Gasteiger partial charge is 0.486 e. The molecule has 8 nitrogen and oxygen atoms in total. The Labute approximate surface area is 170 Å². The molecular weight excluding hydrogens is 396 g/mol. The van der Waals surface area contributed by atoms with Crippen LogP contribution in [0.25, 0.3) is 0 Å². The molecule has 1 aliphatic rings. The van der Waals surface area contributed by atoms with Crippen LogP contribution >= 0.6 is 11.3 Å². The number of furan rings is 1. The average molecular weight is 414 g/mol. The van der Waals surface area contributed by atoms with Crippen molar-refractivity contribution in [1.82, 2.24) is 5.32 Å². The van der Waals surface area contributed by atoms with E-state index in [-0.39, 0.29) is 6.54 Å². The monoisotopic (exact) mass is 414 g/mol. The first kappa shape index (κ1) is 19.0. The molecule has 4 rings (SSSR count). The highest BCUT2D eigenvalue weighted by molar-refractivity contribution is 7.10. The Morgan fingerprint density at radius 3 is 2.66 bits per heavy atom. The number of fused-ring (bicyclic) bond motifs is 1. The lowest BCUT2D eigenvalue weighted by molar-refractivity contribution is -0.136. The number of anilines is 1. The van der Waals surface area contributed by atoms with Crippen LogP contribution in [-0.2, 0) is 15.2 Å². The minimum Gasteiger partial charge on any atom is -0.486 e. The Morgan fingerprint density at radius 2 is 1.93 bits per heavy atom. The summed E-state index contributed by atoms with van der Waals surface area (Å²) >= 11 is 1.33. The molecule has 3 N–H and O–H groups in total. The molecule has 1 atom stereocenters. The summed E-state index contributed by atoms with van der Waals surface area (Å²) in [7, 11) is 0. The van der Waals surface area contributed by atoms with Gasteiger partial charge in [0.25, 0.3) is 0 Å². The van der Waals surface area contributed by atoms with E-state index in [2.05, 4.69) is 10.6 Å². The van der Waals surface area contributed by atoms with Crippen molar-refractivity contribution in [2.24, 2.45) is 0 Å². The van der Waals surface area contributed by atoms with Crippen LogP contribution in [0.1, 0.15) is 10.4 Å². The van der Waals surface area contributed by atoms with E-state index in [0.29, 0.717) is 40.8 Å². The van der Waals surface area contributed by atoms with Crippen LogP contribution in [0.2, 0.25) is 0 Å². The Morgan fingerprint density at radius 1 is 1.10 bits per heavy atom. The molecule has 0 saturated carbocycles. The number of amides is 2. The molecule has 2 amide bonds. The third-order valence-electron chi connectivity index (χ3n) is 4.44. The summed E-state index contributed by atoms with van der Waals surface area (Å²) in [4.78, 5) is 25.2. The molecule has 1 aliphatic heterocycles. The number of hydrogen-bond donors (Lipinski definition) is 3. The van der Waals surface area contributed by atoms with Gasteiger partial charge in [0.05, 0.1) is 19.1 Å². The average Bonchev–Trinajstić information content (AvgIpc) is 3.46. The Balaban J connectivity index is 1.42. The molecule has 29 heavy (non-hydrogen) atoms. The predicted octanol–water partition coefficient (Wildman–Crippen LogP) is 2.10. The first-order valence-electron chi connectivity index (χ1n) is 8.84. The summed E-state index contributed by atoms with van der Waals surface area (Å²) in [5.41, 5.74) is -0.626. The van der Waals surface area contributed by atoms with Crippen LogP contribution in [0.15, 0.2) is 58.7 Å². The molecule has 3 aromatic rings. The molecular formula is C20H18N2O6S. The van der Waals surface area contributed by atoms with Crippen LogP contribution in [0.4, 0.5) is 5.69 Å². The van der Waals surface area contributed by atoms with E-state index in [4.69, 9.17) is 13.9 Å². The number of thiophene rings is 1. The molecule has 0 radical (unpaired) electrons. The maximum absolute atomic E-state index is 12.3. The summed E-state index contributed by atoms with van der Waals surface area (Å²) in [5.74, 6) is -0.651. The highest BCUT2D eigenvalue weighted by Gasteiger charge is 2.35. The van der Waals surface area contributed by atoms with E-state index in [1.165, 1.54) is 23.9 Å². The van der Waals surface area contributed by atoms with Crippen LogP contribution in [0.3, 0.4) is 0 Å². The first-order valence-corrected chi connectivity index (χ1v) is 9.72. The molecule has 0 spiro atoms. The van der Waals surface area contributed by atoms with Gasteiger partial charge >= 0.3 is 11.8 Å². The van der Waals surface area contributed by atoms with Gasteiger partial charge in [-0.15, -0.1) is 11.3 Å². The van der Waals surface area contributed by atoms with Gasteiger partial charge < -0.3 is 29.6 Å². The minimum absolute atomic E-state index is 0.194. The van der Waals surface area contributed by atoms with Gasteiger partial charge in [-0.25, -0.2) is 0 Å². The fourth-order valence-corrected chi connectivity index (χ4v) is 3.79. The fourth-order valence-electron chi connectivity index (χ4n) is 2.94. The van der Waals surface area contributed by atoms with Gasteiger partial charge in [0.2, 0.25) is 0 Å². The lowest BCUT2D eigenvalue weighted by atomic mass is 9.94. The number of aliphatic hydroxyl groups is 1. The molecule has 1 aromatic carbocycles. The Bertz CT molecular complexity index is 966. The van der Waals surface area contributed by atoms with Gasteiger partial charge in [-0.05, 0) is 29.6 Å². The van der Waals surface area contributed by atoms with Crippen molar-refractivity contribution in [2.45, 2.75) is 5.60 Å². The molecule has 2 aromatic heterocycles. The van der Waals surface area contributed by atoms with Crippen LogP contribution in [-0.4, -0.2) is 36.7 Å². The van der Waals surface area contributed by atoms with E-state index in [1.54, 1.807) is 36.4 Å². The molecule has 0 aliphatic carbocycles. The molecule has 0 saturated heterocycles. The number of ether oxygens (including phenoxy) is 2. The SMILES string of the molecule is O=C(NCC(O)(c1ccoc1)c1cccs1)C(=O)Nc1ccc2c(c1)OCCO2. The topological polar surface area (TPSA) is 110 Å². The second kappa shape index (κ2) is 7.98. The zero-order valence-corrected chi connectivity index (χ0v) is 16.0. The lowest BCUT2D eigenvalue weighted by Crippen LogP contribution is -2.44. The maximum atomic E-state index is 12.3. The van der Waals surface area contributed by atoms with Gasteiger partial charge in [-0.3, -0.25) is 9.59 Å². The number of hydrogen-bond acceptors (Lipinski definition) is 7. The maximum Gasteiger partial charge on any atom is 0.313 e. The van der Waals surface area contributed by atoms with Crippen molar-refractivity contribution in [1.29, 1.82) is 0 Å². The number of nitrogens with one attached hydrogen (secondary N) is 2. The standard InChI is InChI=1S/C20H18N2O6S/c23-18(19(24)22-14-3-4-15-16(10-14)28-8-7-27-15)21-12-20(25,13-5-6-26-11-13)17-2-1-9-29-17/h1-6,9-11,25H,7-8,12H2,(H,21,23)(H,22,24). The van der Waals surface area contributed by atoms with E-state index in [0.717, 1.165) is 0 Å². The van der Waals surface area contributed by atoms with Crippen molar-refractivity contribution in [3.8, 4) is 11.5 Å². The normalized spacial score (nSPS) is 14.7. The Kier molecular flexibility index (Phi) is 5.24. The van der Waals surface area contributed by atoms with Crippen molar-refractivity contribution in [3.63, 3.8) is 0 Å². The highest BCUT2D eigenvalue weighted by Crippen LogP contribution is 2.33. The van der Waals surface area contributed by atoms with Crippen LogP contribution in [0.5, 0.6) is 11.5 Å². The quantitative estimate of drug-likeness (QED) is 0.552. The molecule has 0 bridgehead atoms. The van der Waals surface area contributed by atoms with E-state index in [1.807, 2.05) is 5.38 Å². The molecule has 9 heteroatoms. The van der Waals surface area contributed by atoms with Gasteiger partial charge in [0, 0.05) is 22.2 Å². The number of benzene rings is 1. The third-order valence-corrected chi connectivity index (χ3v) is 5.46. The number of rotatable bonds is 5. The molecule has 0 fully saturated rings. The predicted molar refractivity (Wildman–Crippen MR) is 105 cm³/mol. The Hall–Kier alpha value is -3.30. The zero-order chi connectivity index (χ0) is 20.3. The molecule has 3 heterocycles. The summed E-state index contributed by atoms with van der Waals surface area (Å²) < 4.78 is 16.0. The summed E-state index contributed by atoms with van der Waals surface area (Å²) in [6, 6.07) is 10.0. The number of carbonyl (C=O) groups excluding carboxylic acids is 2. The van der Waals surface area contributed by atoms with Gasteiger partial charge in [0.1, 0.15) is 18.8 Å². The van der Waals surface area contributed by atoms with Crippen molar-refractivity contribution in [3.05, 3.63) is 64.7 Å². The molecule has 1 unspecified atom stereocenters. The van der Waals surface area contributed by atoms with Crippen LogP contribution < -0.4 is 20.1 Å². The minimum atomic E-state index is -1.51. The van der Waals surface area contributed by atoms with Gasteiger partial charge in [0.15, 0.2) is 11.5 Å². The van der Waals surface area contributed by atoms with Crippen molar-refractivity contribution in [2.75, 3.05) is 25.1 Å². The van der Waals surface area contributed by atoms with Crippen molar-refractivity contribution >= 4 is 28.8 Å². The van der Waals surface area contributed by atoms with Crippen LogP contribution in [0, 0.1) is 0 Å². The van der Waals surface area contributed by atoms with E-state index >= 15 is 0 Å². The second-order valence-corrected chi connectivity index (χ2v) is 7.29. The highest BCUT2D eigenvalue weighted by atomic mass is 32.1. The molecule has 150 valence electrons. The van der Waals surface area contributed by atoms with E-state index in [9.17, 15) is 14.7 Å². The summed E-state index contributed by atoms with van der Waals surface area (Å²) in [6.45, 7) is 0.686. The van der Waals surface area contributed by atoms with Gasteiger partial charge in [-0.2, -0.15) is 0 Å². The first-order chi connectivity index (χ1) is 14.1. The summed E-state index contributed by atoms with van der Waals surface area (Å²) in [6.07, 6.45) is 2.84. The van der Waals surface area contributed by atoms with Crippen molar-refractivity contribution < 1.29 is 28.6 Å². The fraction of sp³-hybridized carbons (Fsp3) is 0.200. The smallest absolute Gasteiger partial charge is 0.313 e. The lowest BCUT2D eigenvalue weighted by Gasteiger charge is -2.26. The van der Waals surface area contributed by atoms with Gasteiger partial charge in [-0.1, -0.05) is 6.07 Å². The van der Waals surface area contributed by atoms with E-state index < -0.39 is 17.4 Å². The summed E-state index contributed by atoms with van der Waals surface area (Å²) in [5, 5.41) is 18.0. The zero-order valence-electron chi connectivity index (χ0n) is 15.2.